The number of nitrogens with one attached hydrogen (secondary N) is 2. The molecule has 2 saturated carbocycles. The van der Waals surface area contributed by atoms with E-state index < -0.39 is 0 Å². The number of nitrogens with zero attached hydrogens (tertiary/aromatic N) is 3. The summed E-state index contributed by atoms with van der Waals surface area (Å²) in [4.78, 5) is 12.0. The Morgan fingerprint density at radius 3 is 2.60 bits per heavy atom. The van der Waals surface area contributed by atoms with Gasteiger partial charge in [-0.25, -0.2) is 4.98 Å². The van der Waals surface area contributed by atoms with E-state index in [9.17, 15) is 0 Å². The van der Waals surface area contributed by atoms with Crippen LogP contribution in [0.5, 0.6) is 0 Å². The second kappa shape index (κ2) is 8.32. The average Bonchev–Trinajstić information content (AvgIpc) is 3.49. The van der Waals surface area contributed by atoms with Crippen LogP contribution in [0.1, 0.15) is 56.6 Å². The van der Waals surface area contributed by atoms with Crippen LogP contribution in [-0.4, -0.2) is 60.3 Å². The van der Waals surface area contributed by atoms with Gasteiger partial charge in [-0.3, -0.25) is 4.90 Å². The normalized spacial score (nSPS) is 22.7. The van der Waals surface area contributed by atoms with E-state index in [1.54, 1.807) is 0 Å². The van der Waals surface area contributed by atoms with E-state index in [0.29, 0.717) is 12.0 Å². The van der Waals surface area contributed by atoms with Gasteiger partial charge in [0.15, 0.2) is 0 Å². The van der Waals surface area contributed by atoms with Crippen molar-refractivity contribution in [1.29, 1.82) is 0 Å². The monoisotopic (exact) mass is 345 g/mol. The third-order valence-electron chi connectivity index (χ3n) is 5.52. The number of rotatable bonds is 7. The van der Waals surface area contributed by atoms with Gasteiger partial charge in [0.25, 0.3) is 0 Å². The van der Waals surface area contributed by atoms with Gasteiger partial charge in [0.2, 0.25) is 5.95 Å². The molecule has 25 heavy (non-hydrogen) atoms. The predicted molar refractivity (Wildman–Crippen MR) is 100 cm³/mol. The summed E-state index contributed by atoms with van der Waals surface area (Å²) < 4.78 is 5.41. The lowest BCUT2D eigenvalue weighted by Gasteiger charge is -2.26. The molecular formula is C19H31N5O. The van der Waals surface area contributed by atoms with E-state index >= 15 is 0 Å². The van der Waals surface area contributed by atoms with Gasteiger partial charge in [-0.15, -0.1) is 0 Å². The van der Waals surface area contributed by atoms with Gasteiger partial charge in [-0.05, 0) is 25.7 Å². The van der Waals surface area contributed by atoms with Crippen LogP contribution in [0.15, 0.2) is 6.07 Å². The average molecular weight is 345 g/mol. The Labute approximate surface area is 150 Å². The molecule has 3 aliphatic rings. The van der Waals surface area contributed by atoms with E-state index in [4.69, 9.17) is 14.7 Å². The molecule has 2 aliphatic carbocycles. The molecule has 1 aromatic rings. The molecule has 0 unspecified atom stereocenters. The smallest absolute Gasteiger partial charge is 0.225 e. The summed E-state index contributed by atoms with van der Waals surface area (Å²) in [6, 6.07) is 2.70. The van der Waals surface area contributed by atoms with Crippen LogP contribution >= 0.6 is 0 Å². The van der Waals surface area contributed by atoms with Crippen LogP contribution in [0.2, 0.25) is 0 Å². The van der Waals surface area contributed by atoms with Crippen molar-refractivity contribution in [2.24, 2.45) is 0 Å². The van der Waals surface area contributed by atoms with Crippen molar-refractivity contribution in [3.05, 3.63) is 11.8 Å². The Morgan fingerprint density at radius 1 is 1.04 bits per heavy atom. The number of ether oxygens (including phenoxy) is 1. The minimum absolute atomic E-state index is 0.546. The van der Waals surface area contributed by atoms with Gasteiger partial charge in [0, 0.05) is 44.2 Å². The standard InChI is InChI=1S/C19H31N5O/c1-2-4-16(5-3-1)21-19-22-17(15-6-7-15)14-18(23-19)20-8-9-24-10-12-25-13-11-24/h14-16H,1-13H2,(H2,20,21,22,23). The molecule has 0 spiro atoms. The highest BCUT2D eigenvalue weighted by atomic mass is 16.5. The highest BCUT2D eigenvalue weighted by Crippen LogP contribution is 2.40. The summed E-state index contributed by atoms with van der Waals surface area (Å²) in [7, 11) is 0. The van der Waals surface area contributed by atoms with Crippen LogP contribution in [-0.2, 0) is 4.74 Å². The highest BCUT2D eigenvalue weighted by molar-refractivity contribution is 5.44. The van der Waals surface area contributed by atoms with Crippen molar-refractivity contribution in [1.82, 2.24) is 14.9 Å². The fraction of sp³-hybridized carbons (Fsp3) is 0.789. The zero-order chi connectivity index (χ0) is 16.9. The second-order valence-electron chi connectivity index (χ2n) is 7.64. The Balaban J connectivity index is 1.35. The van der Waals surface area contributed by atoms with Gasteiger partial charge in [-0.1, -0.05) is 19.3 Å². The maximum absolute atomic E-state index is 5.41. The van der Waals surface area contributed by atoms with Gasteiger partial charge in [0.05, 0.1) is 18.9 Å². The second-order valence-corrected chi connectivity index (χ2v) is 7.64. The maximum atomic E-state index is 5.41. The fourth-order valence-electron chi connectivity index (χ4n) is 3.81. The molecule has 1 aliphatic heterocycles. The highest BCUT2D eigenvalue weighted by Gasteiger charge is 2.26. The van der Waals surface area contributed by atoms with Crippen molar-refractivity contribution < 1.29 is 4.74 Å². The fourth-order valence-corrected chi connectivity index (χ4v) is 3.81. The molecule has 6 nitrogen and oxygen atoms in total. The quantitative estimate of drug-likeness (QED) is 0.792. The van der Waals surface area contributed by atoms with Crippen molar-refractivity contribution in [3.8, 4) is 0 Å². The largest absolute Gasteiger partial charge is 0.379 e. The molecule has 2 N–H and O–H groups in total. The molecule has 0 atom stereocenters. The topological polar surface area (TPSA) is 62.3 Å². The molecular weight excluding hydrogens is 314 g/mol. The van der Waals surface area contributed by atoms with Gasteiger partial charge in [-0.2, -0.15) is 4.98 Å². The lowest BCUT2D eigenvalue weighted by molar-refractivity contribution is 0.0398. The van der Waals surface area contributed by atoms with Gasteiger partial charge in [0.1, 0.15) is 5.82 Å². The first kappa shape index (κ1) is 17.0. The van der Waals surface area contributed by atoms with Crippen LogP contribution in [0.3, 0.4) is 0 Å². The molecule has 0 bridgehead atoms. The van der Waals surface area contributed by atoms with Crippen molar-refractivity contribution in [2.45, 2.75) is 56.9 Å². The molecule has 0 radical (unpaired) electrons. The van der Waals surface area contributed by atoms with Crippen molar-refractivity contribution in [2.75, 3.05) is 50.0 Å². The number of anilines is 2. The molecule has 0 amide bonds. The third kappa shape index (κ3) is 5.05. The van der Waals surface area contributed by atoms with Crippen molar-refractivity contribution >= 4 is 11.8 Å². The molecule has 3 fully saturated rings. The minimum Gasteiger partial charge on any atom is -0.379 e. The molecule has 138 valence electrons. The first-order valence-electron chi connectivity index (χ1n) is 10.1. The van der Waals surface area contributed by atoms with Gasteiger partial charge < -0.3 is 15.4 Å². The maximum Gasteiger partial charge on any atom is 0.225 e. The molecule has 2 heterocycles. The Kier molecular flexibility index (Phi) is 5.67. The first-order chi connectivity index (χ1) is 12.4. The Hall–Kier alpha value is -1.40. The minimum atomic E-state index is 0.546. The third-order valence-corrected chi connectivity index (χ3v) is 5.52. The lowest BCUT2D eigenvalue weighted by atomic mass is 9.96. The SMILES string of the molecule is c1c(NCCN2CCOCC2)nc(NC2CCCCC2)nc1C1CC1. The zero-order valence-electron chi connectivity index (χ0n) is 15.2. The number of aromatic nitrogens is 2. The number of morpholine rings is 1. The zero-order valence-corrected chi connectivity index (χ0v) is 15.2. The van der Waals surface area contributed by atoms with Crippen LogP contribution < -0.4 is 10.6 Å². The summed E-state index contributed by atoms with van der Waals surface area (Å²) in [5.74, 6) is 2.45. The van der Waals surface area contributed by atoms with Crippen LogP contribution in [0.4, 0.5) is 11.8 Å². The molecule has 4 rings (SSSR count). The predicted octanol–water partition coefficient (Wildman–Crippen LogP) is 2.84. The van der Waals surface area contributed by atoms with E-state index in [1.165, 1.54) is 50.6 Å². The Bertz CT molecular complexity index is 551. The first-order valence-corrected chi connectivity index (χ1v) is 10.1. The summed E-state index contributed by atoms with van der Waals surface area (Å²) in [5.41, 5.74) is 1.21. The van der Waals surface area contributed by atoms with Gasteiger partial charge >= 0.3 is 0 Å². The van der Waals surface area contributed by atoms with Crippen LogP contribution in [0.25, 0.3) is 0 Å². The number of hydrogen-bond acceptors (Lipinski definition) is 6. The molecule has 6 heteroatoms. The van der Waals surface area contributed by atoms with E-state index in [0.717, 1.165) is 51.2 Å². The summed E-state index contributed by atoms with van der Waals surface area (Å²) in [6.45, 7) is 5.74. The summed E-state index contributed by atoms with van der Waals surface area (Å²) in [5, 5.41) is 7.11. The molecule has 1 aromatic heterocycles. The lowest BCUT2D eigenvalue weighted by Crippen LogP contribution is -2.39. The Morgan fingerprint density at radius 2 is 1.84 bits per heavy atom. The van der Waals surface area contributed by atoms with Crippen molar-refractivity contribution in [3.63, 3.8) is 0 Å². The van der Waals surface area contributed by atoms with E-state index in [1.807, 2.05) is 0 Å². The molecule has 0 aromatic carbocycles. The number of hydrogen-bond donors (Lipinski definition) is 2. The van der Waals surface area contributed by atoms with E-state index in [-0.39, 0.29) is 0 Å². The van der Waals surface area contributed by atoms with Crippen LogP contribution in [0, 0.1) is 0 Å². The summed E-state index contributed by atoms with van der Waals surface area (Å²) in [6.07, 6.45) is 9.05. The summed E-state index contributed by atoms with van der Waals surface area (Å²) >= 11 is 0. The van der Waals surface area contributed by atoms with E-state index in [2.05, 4.69) is 21.6 Å². The molecule has 1 saturated heterocycles.